The molecule has 0 saturated heterocycles. The van der Waals surface area contributed by atoms with Crippen LogP contribution in [0.5, 0.6) is 0 Å². The Kier molecular flexibility index (Phi) is 10.8. The molecular weight excluding hydrogens is 629 g/mol. The highest BCUT2D eigenvalue weighted by atomic mass is 19.4. The van der Waals surface area contributed by atoms with E-state index in [1.54, 1.807) is 37.4 Å². The third-order valence-corrected chi connectivity index (χ3v) is 8.76. The fourth-order valence-corrected chi connectivity index (χ4v) is 6.61. The average Bonchev–Trinajstić information content (AvgIpc) is 3.01. The molecule has 0 heterocycles. The van der Waals surface area contributed by atoms with Gasteiger partial charge < -0.3 is 4.48 Å². The lowest BCUT2D eigenvalue weighted by Gasteiger charge is -2.52. The maximum absolute atomic E-state index is 14.3. The molecular formula is C37H37F9N+. The Morgan fingerprint density at radius 2 is 0.851 bits per heavy atom. The van der Waals surface area contributed by atoms with E-state index in [1.165, 1.54) is 18.2 Å². The largest absolute Gasteiger partial charge is 0.416 e. The van der Waals surface area contributed by atoms with Crippen molar-refractivity contribution >= 4 is 0 Å². The number of hydrogen-bond acceptors (Lipinski definition) is 0. The van der Waals surface area contributed by atoms with Crippen molar-refractivity contribution < 1.29 is 44.0 Å². The van der Waals surface area contributed by atoms with Crippen LogP contribution >= 0.6 is 0 Å². The van der Waals surface area contributed by atoms with Gasteiger partial charge >= 0.3 is 18.5 Å². The summed E-state index contributed by atoms with van der Waals surface area (Å²) >= 11 is 0. The number of alkyl halides is 9. The van der Waals surface area contributed by atoms with Gasteiger partial charge in [-0.25, -0.2) is 0 Å². The zero-order chi connectivity index (χ0) is 34.5. The van der Waals surface area contributed by atoms with Gasteiger partial charge in [0.25, 0.3) is 0 Å². The van der Waals surface area contributed by atoms with Crippen molar-refractivity contribution in [2.75, 3.05) is 13.6 Å². The Hall–Kier alpha value is -3.79. The highest BCUT2D eigenvalue weighted by Gasteiger charge is 2.54. The maximum atomic E-state index is 14.3. The monoisotopic (exact) mass is 666 g/mol. The van der Waals surface area contributed by atoms with Crippen LogP contribution in [-0.2, 0) is 30.6 Å². The Labute approximate surface area is 269 Å². The number of halogens is 9. The number of quaternary nitrogens is 1. The number of unbranched alkanes of at least 4 members (excludes halogenated alkanes) is 4. The minimum atomic E-state index is -4.83. The molecule has 1 nitrogen and oxygen atoms in total. The molecule has 4 aromatic rings. The van der Waals surface area contributed by atoms with Crippen LogP contribution in [0, 0.1) is 0 Å². The SMILES string of the molecule is CCCCCCC[N+](C)(Cc1ccccc1)C(c1cccc(C(F)(F)F)c1)(c1cccc(C(F)(F)F)c1)c1cccc(C(F)(F)F)c1. The average molecular weight is 667 g/mol. The maximum Gasteiger partial charge on any atom is 0.416 e. The molecule has 0 N–H and O–H groups in total. The van der Waals surface area contributed by atoms with Gasteiger partial charge in [-0.05, 0) is 49.2 Å². The van der Waals surface area contributed by atoms with Gasteiger partial charge in [-0.15, -0.1) is 0 Å². The van der Waals surface area contributed by atoms with Crippen molar-refractivity contribution in [1.82, 2.24) is 0 Å². The number of benzene rings is 4. The highest BCUT2D eigenvalue weighted by molar-refractivity contribution is 5.51. The molecule has 0 aliphatic heterocycles. The Balaban J connectivity index is 2.19. The molecule has 4 rings (SSSR count). The molecule has 10 heteroatoms. The van der Waals surface area contributed by atoms with Gasteiger partial charge in [0.05, 0.1) is 30.3 Å². The van der Waals surface area contributed by atoms with Crippen molar-refractivity contribution in [3.05, 3.63) is 142 Å². The minimum absolute atomic E-state index is 0.0713. The van der Waals surface area contributed by atoms with Crippen LogP contribution < -0.4 is 0 Å². The van der Waals surface area contributed by atoms with Crippen molar-refractivity contribution in [3.63, 3.8) is 0 Å². The first-order valence-electron chi connectivity index (χ1n) is 15.4. The molecule has 0 amide bonds. The van der Waals surface area contributed by atoms with Crippen molar-refractivity contribution in [1.29, 1.82) is 0 Å². The van der Waals surface area contributed by atoms with E-state index in [-0.39, 0.29) is 34.3 Å². The molecule has 0 aromatic heterocycles. The van der Waals surface area contributed by atoms with Gasteiger partial charge in [0.1, 0.15) is 6.54 Å². The van der Waals surface area contributed by atoms with Crippen molar-refractivity contribution in [3.8, 4) is 0 Å². The molecule has 1 atom stereocenters. The summed E-state index contributed by atoms with van der Waals surface area (Å²) in [4.78, 5) is 0. The number of rotatable bonds is 12. The number of hydrogen-bond donors (Lipinski definition) is 0. The van der Waals surface area contributed by atoms with Gasteiger partial charge in [-0.2, -0.15) is 39.5 Å². The lowest BCUT2D eigenvalue weighted by molar-refractivity contribution is -0.967. The van der Waals surface area contributed by atoms with Crippen LogP contribution in [0.3, 0.4) is 0 Å². The molecule has 252 valence electrons. The first kappa shape index (κ1) is 36.1. The summed E-state index contributed by atoms with van der Waals surface area (Å²) in [7, 11) is 1.72. The van der Waals surface area contributed by atoms with Crippen LogP contribution in [-0.4, -0.2) is 18.1 Å². The van der Waals surface area contributed by atoms with Gasteiger partial charge in [0.15, 0.2) is 5.54 Å². The third-order valence-electron chi connectivity index (χ3n) is 8.76. The second-order valence-corrected chi connectivity index (χ2v) is 12.1. The molecule has 0 spiro atoms. The summed E-state index contributed by atoms with van der Waals surface area (Å²) in [6, 6.07) is 21.6. The van der Waals surface area contributed by atoms with E-state index < -0.39 is 40.8 Å². The van der Waals surface area contributed by atoms with Gasteiger partial charge in [0.2, 0.25) is 0 Å². The summed E-state index contributed by atoms with van der Waals surface area (Å²) in [5, 5.41) is 0. The minimum Gasteiger partial charge on any atom is -0.306 e. The van der Waals surface area contributed by atoms with Crippen LogP contribution in [0.25, 0.3) is 0 Å². The summed E-state index contributed by atoms with van der Waals surface area (Å²) in [6.45, 7) is 2.37. The van der Waals surface area contributed by atoms with Crippen LogP contribution in [0.4, 0.5) is 39.5 Å². The van der Waals surface area contributed by atoms with Crippen LogP contribution in [0.15, 0.2) is 103 Å². The predicted molar refractivity (Wildman–Crippen MR) is 164 cm³/mol. The van der Waals surface area contributed by atoms with Crippen LogP contribution in [0.2, 0.25) is 0 Å². The second kappa shape index (κ2) is 14.1. The van der Waals surface area contributed by atoms with E-state index in [0.717, 1.165) is 85.8 Å². The summed E-state index contributed by atoms with van der Waals surface area (Å²) in [5.74, 6) is 0. The van der Waals surface area contributed by atoms with E-state index in [9.17, 15) is 39.5 Å². The van der Waals surface area contributed by atoms with E-state index in [0.29, 0.717) is 6.42 Å². The van der Waals surface area contributed by atoms with Gasteiger partial charge in [-0.1, -0.05) is 92.9 Å². The fourth-order valence-electron chi connectivity index (χ4n) is 6.61. The van der Waals surface area contributed by atoms with Crippen molar-refractivity contribution in [2.45, 2.75) is 69.6 Å². The lowest BCUT2D eigenvalue weighted by Crippen LogP contribution is -2.61. The first-order chi connectivity index (χ1) is 22.0. The fraction of sp³-hybridized carbons (Fsp3) is 0.351. The van der Waals surface area contributed by atoms with Crippen LogP contribution in [0.1, 0.15) is 78.0 Å². The molecule has 4 aromatic carbocycles. The molecule has 0 fully saturated rings. The predicted octanol–water partition coefficient (Wildman–Crippen LogP) is 11.7. The zero-order valence-electron chi connectivity index (χ0n) is 26.1. The molecule has 0 aliphatic rings. The Morgan fingerprint density at radius 1 is 0.468 bits per heavy atom. The molecule has 0 saturated carbocycles. The smallest absolute Gasteiger partial charge is 0.306 e. The van der Waals surface area contributed by atoms with E-state index in [4.69, 9.17) is 0 Å². The standard InChI is InChI=1S/C37H37F9N/c1-3-4-5-6-10-22-47(2,26-27-14-8-7-9-15-27)34(28-16-11-19-31(23-28)35(38,39)40,29-17-12-20-32(24-29)36(41,42)43)30-18-13-21-33(25-30)37(44,45)46/h7-9,11-21,23-25H,3-6,10,22,26H2,1-2H3/q+1. The topological polar surface area (TPSA) is 0 Å². The summed E-state index contributed by atoms with van der Waals surface area (Å²) in [6.07, 6.45) is -10.5. The van der Waals surface area contributed by atoms with Crippen molar-refractivity contribution in [2.24, 2.45) is 0 Å². The van der Waals surface area contributed by atoms with Gasteiger partial charge in [-0.3, -0.25) is 0 Å². The van der Waals surface area contributed by atoms with E-state index in [1.807, 2.05) is 6.92 Å². The summed E-state index contributed by atoms with van der Waals surface area (Å²) in [5.41, 5.74) is -4.63. The normalized spacial score (nSPS) is 14.2. The second-order valence-electron chi connectivity index (χ2n) is 12.1. The third kappa shape index (κ3) is 8.03. The molecule has 0 aliphatic carbocycles. The molecule has 0 bridgehead atoms. The van der Waals surface area contributed by atoms with E-state index in [2.05, 4.69) is 0 Å². The lowest BCUT2D eigenvalue weighted by atomic mass is 9.72. The van der Waals surface area contributed by atoms with E-state index >= 15 is 0 Å². The highest BCUT2D eigenvalue weighted by Crippen LogP contribution is 2.50. The quantitative estimate of drug-likeness (QED) is 0.0611. The van der Waals surface area contributed by atoms with Gasteiger partial charge in [0, 0.05) is 22.3 Å². The molecule has 1 unspecified atom stereocenters. The number of nitrogens with zero attached hydrogens (tertiary/aromatic N) is 1. The first-order valence-corrected chi connectivity index (χ1v) is 15.4. The Morgan fingerprint density at radius 3 is 1.23 bits per heavy atom. The summed E-state index contributed by atoms with van der Waals surface area (Å²) < 4.78 is 128. The zero-order valence-corrected chi connectivity index (χ0v) is 26.1. The Bertz CT molecular complexity index is 1470. The molecule has 47 heavy (non-hydrogen) atoms. The molecule has 0 radical (unpaired) electrons.